The number of allylic oxidation sites excluding steroid dienone is 1. The number of nitrogens with zero attached hydrogens (tertiary/aromatic N) is 4. The fourth-order valence-electron chi connectivity index (χ4n) is 9.11. The Hall–Kier alpha value is -3.31. The lowest BCUT2D eigenvalue weighted by Gasteiger charge is -2.60. The van der Waals surface area contributed by atoms with E-state index in [9.17, 15) is 19.1 Å². The Morgan fingerprint density at radius 2 is 2.05 bits per heavy atom. The van der Waals surface area contributed by atoms with E-state index in [-0.39, 0.29) is 34.0 Å². The lowest BCUT2D eigenvalue weighted by atomic mass is 9.45. The van der Waals surface area contributed by atoms with Crippen LogP contribution in [0.5, 0.6) is 0 Å². The molecule has 1 unspecified atom stereocenters. The van der Waals surface area contributed by atoms with Gasteiger partial charge in [0, 0.05) is 5.41 Å². The van der Waals surface area contributed by atoms with E-state index in [1.807, 2.05) is 13.1 Å². The number of ether oxygens (including phenoxy) is 1. The quantitative estimate of drug-likeness (QED) is 0.328. The third-order valence-electron chi connectivity index (χ3n) is 10.9. The molecule has 4 aliphatic rings. The van der Waals surface area contributed by atoms with E-state index >= 15 is 0 Å². The van der Waals surface area contributed by atoms with Gasteiger partial charge in [-0.25, -0.2) is 19.4 Å². The molecule has 9 nitrogen and oxygen atoms in total. The summed E-state index contributed by atoms with van der Waals surface area (Å²) in [5.41, 5.74) is 1.66. The number of carbonyl (C=O) groups is 2. The number of pyridine rings is 1. The van der Waals surface area contributed by atoms with Crippen molar-refractivity contribution in [2.75, 3.05) is 6.26 Å². The van der Waals surface area contributed by atoms with Crippen LogP contribution in [-0.4, -0.2) is 53.9 Å². The van der Waals surface area contributed by atoms with Crippen molar-refractivity contribution in [3.8, 4) is 5.69 Å². The third-order valence-corrected chi connectivity index (χ3v) is 11.6. The van der Waals surface area contributed by atoms with Gasteiger partial charge in [-0.15, -0.1) is 0 Å². The summed E-state index contributed by atoms with van der Waals surface area (Å²) in [4.78, 5) is 34.5. The number of esters is 1. The number of aromatic nitrogens is 4. The average Bonchev–Trinajstić information content (AvgIpc) is 3.70. The Kier molecular flexibility index (Phi) is 6.29. The Morgan fingerprint density at radius 3 is 2.76 bits per heavy atom. The number of thioether (sulfide) groups is 1. The Balaban J connectivity index is 1.23. The molecule has 3 aromatic rings. The predicted molar refractivity (Wildman–Crippen MR) is 152 cm³/mol. The van der Waals surface area contributed by atoms with Gasteiger partial charge in [-0.2, -0.15) is 9.49 Å². The van der Waals surface area contributed by atoms with Crippen molar-refractivity contribution in [1.29, 1.82) is 0 Å². The number of carbonyl (C=O) groups excluding carboxylic acids is 2. The molecule has 4 aliphatic carbocycles. The van der Waals surface area contributed by atoms with Crippen LogP contribution < -0.4 is 0 Å². The topological polar surface area (TPSA) is 120 Å². The standard InChI is InChI=1S/C31H33FN4O5S/c1-29-11-17-13-35-36(19-5-7-25(32)33-14-19)23(17)10-18(29)4-6-20-21-8-9-31(28(39)42-3,30(21,2)12-24(37)26(20)29)41-27(38)22-15-40-16-34-22/h5,7,10,13-16,20-21,24,26,37H,4,6,8-9,11-12H2,1-3H3/t20?,21-,24-,26+,29-,30-,31-/m0/s1. The van der Waals surface area contributed by atoms with E-state index in [4.69, 9.17) is 9.15 Å². The zero-order valence-electron chi connectivity index (χ0n) is 23.7. The normalized spacial score (nSPS) is 34.9. The summed E-state index contributed by atoms with van der Waals surface area (Å²) in [5, 5.41) is 16.4. The molecular weight excluding hydrogens is 559 g/mol. The molecular formula is C31H33FN4O5S. The van der Waals surface area contributed by atoms with Crippen molar-refractivity contribution in [2.24, 2.45) is 28.6 Å². The van der Waals surface area contributed by atoms with E-state index in [0.29, 0.717) is 18.5 Å². The van der Waals surface area contributed by atoms with Crippen molar-refractivity contribution in [3.05, 3.63) is 65.7 Å². The van der Waals surface area contributed by atoms with E-state index in [1.54, 1.807) is 17.0 Å². The number of hydrogen-bond acceptors (Lipinski definition) is 9. The fourth-order valence-corrected chi connectivity index (χ4v) is 9.81. The van der Waals surface area contributed by atoms with Gasteiger partial charge in [0.25, 0.3) is 0 Å². The number of rotatable bonds is 4. The highest BCUT2D eigenvalue weighted by Gasteiger charge is 2.70. The van der Waals surface area contributed by atoms with Crippen molar-refractivity contribution in [3.63, 3.8) is 0 Å². The highest BCUT2D eigenvalue weighted by Crippen LogP contribution is 2.68. The first-order chi connectivity index (χ1) is 20.1. The molecule has 0 bridgehead atoms. The Bertz CT molecular complexity index is 1590. The summed E-state index contributed by atoms with van der Waals surface area (Å²) in [6.45, 7) is 4.28. The minimum absolute atomic E-state index is 0.0222. The molecule has 3 saturated carbocycles. The van der Waals surface area contributed by atoms with E-state index in [2.05, 4.69) is 28.1 Å². The van der Waals surface area contributed by atoms with Gasteiger partial charge in [-0.3, -0.25) is 4.79 Å². The lowest BCUT2D eigenvalue weighted by Crippen LogP contribution is -2.62. The maximum Gasteiger partial charge on any atom is 0.361 e. The lowest BCUT2D eigenvalue weighted by molar-refractivity contribution is -0.174. The molecule has 42 heavy (non-hydrogen) atoms. The highest BCUT2D eigenvalue weighted by molar-refractivity contribution is 8.13. The van der Waals surface area contributed by atoms with E-state index in [0.717, 1.165) is 55.1 Å². The van der Waals surface area contributed by atoms with E-state index in [1.165, 1.54) is 24.1 Å². The zero-order chi connectivity index (χ0) is 29.4. The largest absolute Gasteiger partial charge is 0.451 e. The van der Waals surface area contributed by atoms with Crippen LogP contribution in [0, 0.1) is 34.5 Å². The molecule has 0 aliphatic heterocycles. The first kappa shape index (κ1) is 27.5. The number of hydrogen-bond donors (Lipinski definition) is 1. The number of halogens is 1. The van der Waals surface area contributed by atoms with Gasteiger partial charge in [0.05, 0.1) is 29.9 Å². The molecule has 3 heterocycles. The molecule has 7 atom stereocenters. The molecule has 220 valence electrons. The van der Waals surface area contributed by atoms with Crippen LogP contribution in [-0.2, 0) is 16.0 Å². The number of aliphatic hydroxyl groups excluding tert-OH is 1. The SMILES string of the molecule is CSC(=O)[C@@]1(OC(=O)c2cocn2)CC[C@H]2C3CCC4=Cc5c(cnn5-c5ccc(F)nc5)C[C@]4(C)[C@H]3[C@@H](O)C[C@@]21C. The molecule has 1 N–H and O–H groups in total. The minimum Gasteiger partial charge on any atom is -0.451 e. The minimum atomic E-state index is -1.36. The van der Waals surface area contributed by atoms with Crippen molar-refractivity contribution >= 4 is 28.9 Å². The molecule has 0 amide bonds. The molecule has 0 aromatic carbocycles. The Labute approximate surface area is 246 Å². The van der Waals surface area contributed by atoms with Gasteiger partial charge < -0.3 is 14.3 Å². The van der Waals surface area contributed by atoms with Gasteiger partial charge in [0.2, 0.25) is 11.1 Å². The van der Waals surface area contributed by atoms with Crippen molar-refractivity contribution in [2.45, 2.75) is 64.1 Å². The summed E-state index contributed by atoms with van der Waals surface area (Å²) in [6.07, 6.45) is 12.9. The molecule has 11 heteroatoms. The monoisotopic (exact) mass is 592 g/mol. The maximum atomic E-state index is 13.7. The maximum absolute atomic E-state index is 13.7. The predicted octanol–water partition coefficient (Wildman–Crippen LogP) is 5.03. The second kappa shape index (κ2) is 9.60. The van der Waals surface area contributed by atoms with Crippen LogP contribution in [0.2, 0.25) is 0 Å². The van der Waals surface area contributed by atoms with Crippen LogP contribution in [0.15, 0.2) is 47.2 Å². The van der Waals surface area contributed by atoms with Crippen molar-refractivity contribution < 1.29 is 28.2 Å². The van der Waals surface area contributed by atoms with Crippen LogP contribution in [0.1, 0.15) is 67.7 Å². The first-order valence-electron chi connectivity index (χ1n) is 14.4. The summed E-state index contributed by atoms with van der Waals surface area (Å²) in [6, 6.07) is 3.00. The smallest absolute Gasteiger partial charge is 0.361 e. The second-order valence-corrected chi connectivity index (χ2v) is 13.5. The van der Waals surface area contributed by atoms with Crippen molar-refractivity contribution in [1.82, 2.24) is 19.7 Å². The fraction of sp³-hybridized carbons (Fsp3) is 0.516. The summed E-state index contributed by atoms with van der Waals surface area (Å²) >= 11 is 1.07. The highest BCUT2D eigenvalue weighted by atomic mass is 32.2. The third kappa shape index (κ3) is 3.75. The number of oxazole rings is 1. The van der Waals surface area contributed by atoms with Gasteiger partial charge in [-0.05, 0) is 91.7 Å². The molecule has 0 saturated heterocycles. The number of aliphatic hydroxyl groups is 1. The van der Waals surface area contributed by atoms with Gasteiger partial charge in [0.15, 0.2) is 17.7 Å². The summed E-state index contributed by atoms with van der Waals surface area (Å²) < 4.78 is 26.4. The molecule has 3 fully saturated rings. The van der Waals surface area contributed by atoms with Crippen LogP contribution in [0.4, 0.5) is 4.39 Å². The zero-order valence-corrected chi connectivity index (χ0v) is 24.6. The van der Waals surface area contributed by atoms with Crippen LogP contribution >= 0.6 is 11.8 Å². The van der Waals surface area contributed by atoms with E-state index < -0.39 is 29.0 Å². The van der Waals surface area contributed by atoms with Crippen LogP contribution in [0.3, 0.4) is 0 Å². The van der Waals surface area contributed by atoms with Gasteiger partial charge >= 0.3 is 5.97 Å². The molecule has 3 aromatic heterocycles. The molecule has 0 spiro atoms. The summed E-state index contributed by atoms with van der Waals surface area (Å²) in [5.74, 6) is -0.990. The van der Waals surface area contributed by atoms with Gasteiger partial charge in [-0.1, -0.05) is 31.2 Å². The van der Waals surface area contributed by atoms with Gasteiger partial charge in [0.1, 0.15) is 6.26 Å². The second-order valence-electron chi connectivity index (χ2n) is 12.7. The molecule has 7 rings (SSSR count). The average molecular weight is 593 g/mol. The summed E-state index contributed by atoms with van der Waals surface area (Å²) in [7, 11) is 0. The molecule has 0 radical (unpaired) electrons. The van der Waals surface area contributed by atoms with Crippen LogP contribution in [0.25, 0.3) is 11.8 Å². The Morgan fingerprint density at radius 1 is 1.21 bits per heavy atom. The first-order valence-corrected chi connectivity index (χ1v) is 15.6. The number of fused-ring (bicyclic) bond motifs is 6.